The molecule has 10 N–H and O–H groups in total. The SMILES string of the molecule is COc1cc2c(cc1O)C1=CC3CC4(CC(CCCO)C(Cn5c(-c6cccc(O)c6)cc6[nH]ccc65)(NCC(C)O)C4)C4CC(O)CCC4C3C2CC(=O)CC(CCc2ccc(O)c(OCCO)c2)OC(=O)CC#CCc2c1[nH]c1ccccc21. The lowest BCUT2D eigenvalue weighted by molar-refractivity contribution is -0.149. The van der Waals surface area contributed by atoms with Crippen molar-refractivity contribution in [3.8, 4) is 51.8 Å². The van der Waals surface area contributed by atoms with Gasteiger partial charge in [-0.1, -0.05) is 54.3 Å². The van der Waals surface area contributed by atoms with Crippen molar-refractivity contribution >= 4 is 39.3 Å². The van der Waals surface area contributed by atoms with E-state index in [4.69, 9.17) is 14.2 Å². The number of aryl methyl sites for hydroxylation is 1. The summed E-state index contributed by atoms with van der Waals surface area (Å²) >= 11 is 0. The summed E-state index contributed by atoms with van der Waals surface area (Å²) in [5.41, 5.74) is 8.67. The molecule has 0 radical (unpaired) electrons. The molecule has 0 saturated heterocycles. The smallest absolute Gasteiger partial charge is 0.318 e. The van der Waals surface area contributed by atoms with Gasteiger partial charge in [0.15, 0.2) is 23.0 Å². The zero-order valence-electron chi connectivity index (χ0n) is 49.1. The van der Waals surface area contributed by atoms with Crippen LogP contribution >= 0.6 is 0 Å². The molecule has 452 valence electrons. The van der Waals surface area contributed by atoms with Gasteiger partial charge in [0.1, 0.15) is 30.7 Å². The first-order chi connectivity index (χ1) is 41.7. The van der Waals surface area contributed by atoms with Crippen molar-refractivity contribution in [3.63, 3.8) is 0 Å². The number of nitrogens with zero attached hydrogens (tertiary/aromatic N) is 1. The lowest BCUT2D eigenvalue weighted by Crippen LogP contribution is -2.56. The number of ketones is 1. The molecule has 16 nitrogen and oxygen atoms in total. The lowest BCUT2D eigenvalue weighted by Gasteiger charge is -2.57. The summed E-state index contributed by atoms with van der Waals surface area (Å²) in [6, 6.07) is 28.3. The second kappa shape index (κ2) is 24.7. The minimum absolute atomic E-state index is 0.00247. The van der Waals surface area contributed by atoms with Crippen molar-refractivity contribution in [1.82, 2.24) is 19.9 Å². The van der Waals surface area contributed by atoms with E-state index in [1.54, 1.807) is 37.3 Å². The normalized spacial score (nSPS) is 26.9. The second-order valence-corrected chi connectivity index (χ2v) is 25.3. The van der Waals surface area contributed by atoms with E-state index in [1.165, 1.54) is 13.2 Å². The van der Waals surface area contributed by atoms with Crippen LogP contribution in [0.25, 0.3) is 38.8 Å². The van der Waals surface area contributed by atoms with Crippen molar-refractivity contribution in [2.24, 2.45) is 35.0 Å². The number of esters is 1. The number of ether oxygens (including phenoxy) is 3. The molecule has 3 saturated carbocycles. The number of aromatic hydroxyl groups is 3. The van der Waals surface area contributed by atoms with Crippen molar-refractivity contribution < 1.29 is 59.5 Å². The van der Waals surface area contributed by atoms with E-state index in [2.05, 4.69) is 56.0 Å². The number of aliphatic hydroxyl groups is 4. The van der Waals surface area contributed by atoms with Crippen LogP contribution in [-0.2, 0) is 33.7 Å². The third-order valence-corrected chi connectivity index (χ3v) is 20.0. The first kappa shape index (κ1) is 58.8. The topological polar surface area (TPSA) is 252 Å². The van der Waals surface area contributed by atoms with E-state index >= 15 is 4.79 Å². The number of aromatic amines is 2. The zero-order valence-corrected chi connectivity index (χ0v) is 49.1. The van der Waals surface area contributed by atoms with Gasteiger partial charge in [0.2, 0.25) is 0 Å². The molecule has 4 heterocycles. The molecule has 12 rings (SSSR count). The Labute approximate surface area is 501 Å². The van der Waals surface area contributed by atoms with Gasteiger partial charge >= 0.3 is 5.97 Å². The van der Waals surface area contributed by atoms with Crippen LogP contribution in [0, 0.1) is 46.8 Å². The Bertz CT molecular complexity index is 3730. The number of cyclic esters (lactones) is 1. The van der Waals surface area contributed by atoms with Crippen LogP contribution in [0.1, 0.15) is 118 Å². The quantitative estimate of drug-likeness (QED) is 0.0320. The standard InChI is InChI=1S/C70H80N4O12/c1-41(77)38-72-70(40-74-60-22-23-71-59(60)35-61(74)43-9-7-11-46(78)28-43)39-69(37-45(70)10-8-24-75)36-44-29-56-53-33-63(82)64(84-2)34-54(53)55(67(44)52-20-18-47(79)32-57(52)69)31-48(80)30-49(19-16-42-17-21-62(81)65(27-42)85-26-25-76)86-66(83)15-6-4-13-51-50-12-3-5-14-58(50)73-68(51)56/h3,5,7,9,11-12,14,17,21-23,27-29,33-35,41,44-45,47,49,52,55,57,67,71-73,75-79,81-82H,8,10,13,15-16,18-20,24-26,30-32,36-40H2,1-2H3. The summed E-state index contributed by atoms with van der Waals surface area (Å²) in [6.07, 6.45) is 8.37. The number of phenolic OH excluding ortho intramolecular Hbond substituents is 3. The van der Waals surface area contributed by atoms with E-state index in [-0.39, 0.29) is 116 Å². The minimum atomic E-state index is -0.825. The molecule has 0 amide bonds. The van der Waals surface area contributed by atoms with E-state index in [1.807, 2.05) is 42.6 Å². The fraction of sp³-hybridized carbons (Fsp3) is 0.457. The highest BCUT2D eigenvalue weighted by molar-refractivity contribution is 5.94. The highest BCUT2D eigenvalue weighted by Crippen LogP contribution is 2.69. The number of β-amino-alcohol motifs (C(OH)–C–C–N with tert-alkyl or cyclic N) is 1. The molecule has 86 heavy (non-hydrogen) atoms. The Hall–Kier alpha value is -7.52. The third-order valence-electron chi connectivity index (χ3n) is 20.0. The molecule has 11 atom stereocenters. The van der Waals surface area contributed by atoms with E-state index < -0.39 is 41.2 Å². The van der Waals surface area contributed by atoms with Gasteiger partial charge < -0.3 is 69.8 Å². The summed E-state index contributed by atoms with van der Waals surface area (Å²) in [6.45, 7) is 2.41. The van der Waals surface area contributed by atoms with Gasteiger partial charge in [-0.3, -0.25) is 9.59 Å². The van der Waals surface area contributed by atoms with Crippen molar-refractivity contribution in [2.45, 2.75) is 133 Å². The number of benzene rings is 4. The maximum Gasteiger partial charge on any atom is 0.318 e. The van der Waals surface area contributed by atoms with Gasteiger partial charge in [0, 0.05) is 72.7 Å². The van der Waals surface area contributed by atoms with Crippen LogP contribution in [-0.4, -0.2) is 119 Å². The number of allylic oxidation sites excluding steroid dienone is 1. The number of hydrogen-bond donors (Lipinski definition) is 10. The van der Waals surface area contributed by atoms with Crippen LogP contribution in [0.4, 0.5) is 0 Å². The van der Waals surface area contributed by atoms with Crippen molar-refractivity contribution in [3.05, 3.63) is 131 Å². The Balaban J connectivity index is 1.02. The third kappa shape index (κ3) is 11.5. The lowest BCUT2D eigenvalue weighted by atomic mass is 9.47. The molecule has 1 spiro atoms. The Morgan fingerprint density at radius 3 is 2.55 bits per heavy atom. The van der Waals surface area contributed by atoms with E-state index in [0.717, 1.165) is 73.1 Å². The van der Waals surface area contributed by atoms with E-state index in [0.29, 0.717) is 64.5 Å². The van der Waals surface area contributed by atoms with E-state index in [9.17, 15) is 40.5 Å². The highest BCUT2D eigenvalue weighted by atomic mass is 16.5. The largest absolute Gasteiger partial charge is 0.508 e. The van der Waals surface area contributed by atoms with Gasteiger partial charge in [-0.05, 0) is 189 Å². The van der Waals surface area contributed by atoms with Gasteiger partial charge in [-0.15, -0.1) is 0 Å². The molecule has 4 aromatic carbocycles. The monoisotopic (exact) mass is 1170 g/mol. The maximum absolute atomic E-state index is 15.5. The minimum Gasteiger partial charge on any atom is -0.508 e. The molecule has 3 aromatic heterocycles. The fourth-order valence-corrected chi connectivity index (χ4v) is 16.6. The number of Topliss-reactive ketones (excluding diaryl/α,β-unsaturated/α-hetero) is 1. The number of carbonyl (C=O) groups is 2. The number of methoxy groups -OCH3 is 1. The molecular formula is C70H80N4O12. The first-order valence-corrected chi connectivity index (χ1v) is 30.8. The average molecular weight is 1170 g/mol. The first-order valence-electron chi connectivity index (χ1n) is 30.8. The molecule has 11 unspecified atom stereocenters. The number of nitrogens with one attached hydrogen (secondary N) is 3. The summed E-state index contributed by atoms with van der Waals surface area (Å²) < 4.78 is 20.2. The van der Waals surface area contributed by atoms with Gasteiger partial charge in [-0.25, -0.2) is 0 Å². The predicted octanol–water partition coefficient (Wildman–Crippen LogP) is 9.98. The number of aliphatic hydroxyl groups excluding tert-OH is 4. The molecule has 5 aliphatic rings. The number of H-pyrrole nitrogens is 2. The van der Waals surface area contributed by atoms with Gasteiger partial charge in [-0.2, -0.15) is 0 Å². The van der Waals surface area contributed by atoms with Crippen molar-refractivity contribution in [1.29, 1.82) is 0 Å². The predicted molar refractivity (Wildman–Crippen MR) is 328 cm³/mol. The Kier molecular flexibility index (Phi) is 16.9. The summed E-state index contributed by atoms with van der Waals surface area (Å²) in [5.74, 6) is 5.58. The fourth-order valence-electron chi connectivity index (χ4n) is 16.6. The van der Waals surface area contributed by atoms with Crippen LogP contribution in [0.5, 0.6) is 28.7 Å². The van der Waals surface area contributed by atoms with Crippen LogP contribution in [0.15, 0.2) is 103 Å². The molecule has 4 aliphatic carbocycles. The number of phenols is 3. The number of carbonyl (C=O) groups excluding carboxylic acids is 2. The number of fused-ring (bicyclic) bond motifs is 10. The average Bonchev–Trinajstić information content (AvgIpc) is 1.53. The Morgan fingerprint density at radius 1 is 0.884 bits per heavy atom. The van der Waals surface area contributed by atoms with Crippen LogP contribution in [0.2, 0.25) is 0 Å². The molecule has 2 bridgehead atoms. The summed E-state index contributed by atoms with van der Waals surface area (Å²) in [7, 11) is 1.54. The number of hydrogen-bond acceptors (Lipinski definition) is 13. The molecule has 16 heteroatoms. The van der Waals surface area contributed by atoms with Crippen LogP contribution < -0.4 is 14.8 Å². The summed E-state index contributed by atoms with van der Waals surface area (Å²) in [5, 5.41) is 81.9. The highest BCUT2D eigenvalue weighted by Gasteiger charge is 2.64. The second-order valence-electron chi connectivity index (χ2n) is 25.3. The summed E-state index contributed by atoms with van der Waals surface area (Å²) in [4.78, 5) is 36.7. The molecule has 1 aliphatic heterocycles. The van der Waals surface area contributed by atoms with Crippen LogP contribution in [0.3, 0.4) is 0 Å². The number of rotatable bonds is 16. The van der Waals surface area contributed by atoms with Crippen molar-refractivity contribution in [2.75, 3.05) is 33.5 Å². The zero-order chi connectivity index (χ0) is 59.9. The maximum atomic E-state index is 15.5. The van der Waals surface area contributed by atoms with Gasteiger partial charge in [0.05, 0.1) is 48.3 Å². The molecular weight excluding hydrogens is 1090 g/mol. The molecule has 3 fully saturated rings. The molecule has 7 aromatic rings. The Morgan fingerprint density at radius 2 is 1.73 bits per heavy atom. The number of aromatic nitrogens is 3. The van der Waals surface area contributed by atoms with Gasteiger partial charge in [0.25, 0.3) is 0 Å². The number of para-hydroxylation sites is 1.